The van der Waals surface area contributed by atoms with Gasteiger partial charge in [-0.15, -0.1) is 0 Å². The summed E-state index contributed by atoms with van der Waals surface area (Å²) in [6, 6.07) is 9.87. The van der Waals surface area contributed by atoms with Gasteiger partial charge in [-0.1, -0.05) is 24.3 Å². The number of carbonyl (C=O) groups is 3. The number of nitrogens with zero attached hydrogens (tertiary/aromatic N) is 2. The molecule has 1 unspecified atom stereocenters. The van der Waals surface area contributed by atoms with E-state index in [0.717, 1.165) is 12.2 Å². The summed E-state index contributed by atoms with van der Waals surface area (Å²) in [6.07, 6.45) is 2.56. The van der Waals surface area contributed by atoms with Crippen LogP contribution in [0.25, 0.3) is 0 Å². The Balaban J connectivity index is 0.00000544. The third-order valence-electron chi connectivity index (χ3n) is 4.46. The maximum atomic E-state index is 12.2. The second kappa shape index (κ2) is 14.9. The van der Waals surface area contributed by atoms with Crippen molar-refractivity contribution in [3.63, 3.8) is 0 Å². The van der Waals surface area contributed by atoms with Crippen LogP contribution in [0.2, 0.25) is 0 Å². The quantitative estimate of drug-likeness (QED) is 0.128. The number of carboxylic acids is 1. The molecule has 1 aromatic carbocycles. The van der Waals surface area contributed by atoms with Crippen molar-refractivity contribution in [1.82, 2.24) is 15.6 Å². The van der Waals surface area contributed by atoms with Crippen LogP contribution in [0.15, 0.2) is 48.7 Å². The molecule has 170 valence electrons. The Labute approximate surface area is 212 Å². The number of nitrogens with one attached hydrogen (secondary N) is 3. The Bertz CT molecular complexity index is 944. The van der Waals surface area contributed by atoms with Crippen molar-refractivity contribution in [2.75, 3.05) is 18.4 Å². The van der Waals surface area contributed by atoms with Crippen LogP contribution in [0.1, 0.15) is 37.3 Å². The van der Waals surface area contributed by atoms with Crippen LogP contribution < -0.4 is 50.6 Å². The molecule has 0 fully saturated rings. The molecular weight excluding hydrogens is 441 g/mol. The van der Waals surface area contributed by atoms with Gasteiger partial charge in [0.15, 0.2) is 0 Å². The van der Waals surface area contributed by atoms with Crippen LogP contribution in [0.4, 0.5) is 11.5 Å². The zero-order chi connectivity index (χ0) is 23.3. The first kappa shape index (κ1) is 28.0. The Morgan fingerprint density at radius 3 is 2.42 bits per heavy atom. The fraction of sp³-hybridized carbons (Fsp3) is 0.333. The first-order valence-corrected chi connectivity index (χ1v) is 10.0. The molecule has 0 radical (unpaired) electrons. The number of pyridine rings is 1. The number of amides is 2. The Morgan fingerprint density at radius 1 is 1.03 bits per heavy atom. The van der Waals surface area contributed by atoms with Crippen molar-refractivity contribution in [3.8, 4) is 0 Å². The topological polar surface area (TPSA) is 166 Å². The van der Waals surface area contributed by atoms with E-state index in [1.54, 1.807) is 6.20 Å². The molecule has 0 bridgehead atoms. The van der Waals surface area contributed by atoms with Gasteiger partial charge in [-0.05, 0) is 25.0 Å². The molecule has 1 aromatic heterocycles. The number of anilines is 1. The van der Waals surface area contributed by atoms with Gasteiger partial charge < -0.3 is 25.9 Å². The van der Waals surface area contributed by atoms with Gasteiger partial charge in [-0.2, -0.15) is 0 Å². The molecule has 12 heteroatoms. The molecule has 0 spiro atoms. The summed E-state index contributed by atoms with van der Waals surface area (Å²) >= 11 is 0. The minimum Gasteiger partial charge on any atom is -0.550 e. The van der Waals surface area contributed by atoms with Crippen molar-refractivity contribution < 1.29 is 54.0 Å². The third kappa shape index (κ3) is 10.4. The van der Waals surface area contributed by atoms with E-state index in [-0.39, 0.29) is 59.7 Å². The maximum absolute atomic E-state index is 12.2. The molecule has 2 aromatic rings. The Kier molecular flexibility index (Phi) is 12.7. The average molecular weight is 465 g/mol. The molecule has 33 heavy (non-hydrogen) atoms. The minimum absolute atomic E-state index is 0. The smallest absolute Gasteiger partial charge is 0.550 e. The van der Waals surface area contributed by atoms with Gasteiger partial charge >= 0.3 is 29.6 Å². The van der Waals surface area contributed by atoms with E-state index in [1.807, 2.05) is 18.2 Å². The van der Waals surface area contributed by atoms with Crippen LogP contribution in [0.5, 0.6) is 0 Å². The fourth-order valence-electron chi connectivity index (χ4n) is 2.96. The van der Waals surface area contributed by atoms with Gasteiger partial charge in [0, 0.05) is 37.6 Å². The number of carbonyl (C=O) groups excluding carboxylic acids is 3. The maximum Gasteiger partial charge on any atom is 1.00 e. The summed E-state index contributed by atoms with van der Waals surface area (Å²) in [5.74, 6) is -1.73. The number of rotatable bonds is 13. The largest absolute Gasteiger partial charge is 1.00 e. The van der Waals surface area contributed by atoms with E-state index in [1.165, 1.54) is 24.3 Å². The van der Waals surface area contributed by atoms with Crippen molar-refractivity contribution in [2.24, 2.45) is 0 Å². The number of aliphatic carboxylic acids is 1. The zero-order valence-corrected chi connectivity index (χ0v) is 20.3. The Hall–Kier alpha value is -3.02. The number of aromatic nitrogens is 1. The molecule has 2 rings (SSSR count). The van der Waals surface area contributed by atoms with E-state index in [4.69, 9.17) is 0 Å². The molecule has 11 nitrogen and oxygen atoms in total. The number of unbranched alkanes of at least 4 members (excludes halogenated alkanes) is 1. The third-order valence-corrected chi connectivity index (χ3v) is 4.46. The molecule has 0 saturated carbocycles. The van der Waals surface area contributed by atoms with Crippen molar-refractivity contribution in [2.45, 2.75) is 31.7 Å². The fourth-order valence-corrected chi connectivity index (χ4v) is 2.96. The van der Waals surface area contributed by atoms with Crippen LogP contribution >= 0.6 is 0 Å². The van der Waals surface area contributed by atoms with Gasteiger partial charge in [0.05, 0.1) is 23.1 Å². The predicted octanol–water partition coefficient (Wildman–Crippen LogP) is -2.31. The van der Waals surface area contributed by atoms with E-state index in [9.17, 15) is 29.6 Å². The average Bonchev–Trinajstić information content (AvgIpc) is 2.77. The molecule has 0 aliphatic rings. The van der Waals surface area contributed by atoms with Crippen molar-refractivity contribution in [3.05, 3.63) is 64.3 Å². The molecule has 1 atom stereocenters. The molecule has 1 heterocycles. The van der Waals surface area contributed by atoms with Crippen molar-refractivity contribution in [1.29, 1.82) is 0 Å². The monoisotopic (exact) mass is 465 g/mol. The van der Waals surface area contributed by atoms with Crippen LogP contribution in [0, 0.1) is 10.1 Å². The van der Waals surface area contributed by atoms with Crippen LogP contribution in [-0.2, 0) is 14.4 Å². The van der Waals surface area contributed by atoms with Crippen LogP contribution in [0.3, 0.4) is 0 Å². The van der Waals surface area contributed by atoms with E-state index in [0.29, 0.717) is 13.0 Å². The Morgan fingerprint density at radius 2 is 1.76 bits per heavy atom. The second-order valence-electron chi connectivity index (χ2n) is 6.89. The molecular formula is C21H24N5NaO6. The SMILES string of the molecule is O=C([O-])CC(NC(=O)CNC(=O)CCCCNc1ccccn1)c1ccccc1[N+](=O)[O-].[Na+]. The number of hydrogen-bond acceptors (Lipinski definition) is 8. The summed E-state index contributed by atoms with van der Waals surface area (Å²) in [5, 5.41) is 30.3. The van der Waals surface area contributed by atoms with Gasteiger partial charge in [0.25, 0.3) is 5.69 Å². The number of carboxylic acid groups (broad SMARTS) is 1. The normalized spacial score (nSPS) is 10.9. The van der Waals surface area contributed by atoms with Crippen molar-refractivity contribution >= 4 is 29.3 Å². The van der Waals surface area contributed by atoms with Crippen LogP contribution in [-0.4, -0.2) is 40.8 Å². The molecule has 0 aliphatic carbocycles. The predicted molar refractivity (Wildman–Crippen MR) is 113 cm³/mol. The molecule has 0 saturated heterocycles. The minimum atomic E-state index is -1.48. The van der Waals surface area contributed by atoms with Gasteiger partial charge in [-0.25, -0.2) is 4.98 Å². The van der Waals surface area contributed by atoms with Gasteiger partial charge in [0.1, 0.15) is 5.82 Å². The van der Waals surface area contributed by atoms with E-state index in [2.05, 4.69) is 20.9 Å². The molecule has 3 N–H and O–H groups in total. The number of nitro groups is 1. The second-order valence-corrected chi connectivity index (χ2v) is 6.89. The summed E-state index contributed by atoms with van der Waals surface area (Å²) in [5.41, 5.74) is -0.274. The zero-order valence-electron chi connectivity index (χ0n) is 18.3. The number of hydrogen-bond donors (Lipinski definition) is 3. The number of nitro benzene ring substituents is 1. The van der Waals surface area contributed by atoms with E-state index < -0.39 is 29.3 Å². The number of para-hydroxylation sites is 1. The summed E-state index contributed by atoms with van der Waals surface area (Å²) in [4.78, 5) is 49.9. The first-order chi connectivity index (χ1) is 15.4. The van der Waals surface area contributed by atoms with Gasteiger partial charge in [-0.3, -0.25) is 19.7 Å². The summed E-state index contributed by atoms with van der Waals surface area (Å²) in [7, 11) is 0. The van der Waals surface area contributed by atoms with E-state index >= 15 is 0 Å². The standard InChI is InChI=1S/C21H25N5O6.Na/c27-19(10-4-6-12-23-18-9-3-5-11-22-18)24-14-20(28)25-16(13-21(29)30)15-7-1-2-8-17(15)26(31)32;/h1-3,5,7-9,11,16H,4,6,10,12-14H2,(H,22,23)(H,24,27)(H,25,28)(H,29,30);/q;+1/p-1. The first-order valence-electron chi connectivity index (χ1n) is 10.0. The number of benzene rings is 1. The summed E-state index contributed by atoms with van der Waals surface area (Å²) < 4.78 is 0. The molecule has 2 amide bonds. The summed E-state index contributed by atoms with van der Waals surface area (Å²) in [6.45, 7) is 0.265. The molecule has 0 aliphatic heterocycles. The van der Waals surface area contributed by atoms with Gasteiger partial charge in [0.2, 0.25) is 11.8 Å².